The summed E-state index contributed by atoms with van der Waals surface area (Å²) in [6.07, 6.45) is 0.105. The third kappa shape index (κ3) is 3.39. The van der Waals surface area contributed by atoms with E-state index in [0.29, 0.717) is 16.9 Å². The Kier molecular flexibility index (Phi) is 5.08. The van der Waals surface area contributed by atoms with Gasteiger partial charge < -0.3 is 15.5 Å². The first-order chi connectivity index (χ1) is 16.3. The van der Waals surface area contributed by atoms with Gasteiger partial charge in [0.25, 0.3) is 5.91 Å². The molecule has 2 heterocycles. The number of nitrogens with one attached hydrogen (secondary N) is 2. The van der Waals surface area contributed by atoms with Crippen LogP contribution in [0.4, 0.5) is 16.2 Å². The molecule has 172 valence electrons. The highest BCUT2D eigenvalue weighted by atomic mass is 16.2. The molecule has 2 N–H and O–H groups in total. The predicted molar refractivity (Wildman–Crippen MR) is 128 cm³/mol. The zero-order chi connectivity index (χ0) is 24.0. The molecule has 2 aliphatic rings. The number of rotatable bonds is 3. The second-order valence-corrected chi connectivity index (χ2v) is 8.86. The van der Waals surface area contributed by atoms with Crippen LogP contribution in [0.15, 0.2) is 66.7 Å². The molecule has 3 aromatic rings. The van der Waals surface area contributed by atoms with Crippen molar-refractivity contribution in [3.05, 3.63) is 72.3 Å². The summed E-state index contributed by atoms with van der Waals surface area (Å²) in [5.74, 6) is -1.14. The van der Waals surface area contributed by atoms with Gasteiger partial charge in [0, 0.05) is 12.5 Å². The Morgan fingerprint density at radius 2 is 1.71 bits per heavy atom. The third-order valence-electron chi connectivity index (χ3n) is 6.52. The van der Waals surface area contributed by atoms with Gasteiger partial charge in [-0.15, -0.1) is 0 Å². The van der Waals surface area contributed by atoms with Crippen molar-refractivity contribution in [1.82, 2.24) is 10.2 Å². The van der Waals surface area contributed by atoms with Crippen LogP contribution < -0.4 is 15.5 Å². The molecule has 0 radical (unpaired) electrons. The van der Waals surface area contributed by atoms with Gasteiger partial charge in [0.05, 0.1) is 11.4 Å². The number of hydrogen-bond acceptors (Lipinski definition) is 4. The average molecular weight is 457 g/mol. The Balaban J connectivity index is 1.47. The second-order valence-electron chi connectivity index (χ2n) is 8.86. The standard InChI is InChI=1S/C26H24N4O4/c1-16-14-22(31)27-20-12-5-6-13-21(20)30(16)23(32)15-29-24(33)26(2,28-25(29)34)19-11-7-9-17-8-3-4-10-18(17)19/h3-13,16H,14-15H2,1-2H3,(H,27,31)(H,28,34). The summed E-state index contributed by atoms with van der Waals surface area (Å²) in [5, 5.41) is 7.41. The third-order valence-corrected chi connectivity index (χ3v) is 6.52. The van der Waals surface area contributed by atoms with E-state index in [9.17, 15) is 19.2 Å². The number of carbonyl (C=O) groups is 4. The largest absolute Gasteiger partial charge is 0.325 e. The van der Waals surface area contributed by atoms with E-state index in [4.69, 9.17) is 0 Å². The van der Waals surface area contributed by atoms with Crippen molar-refractivity contribution < 1.29 is 19.2 Å². The van der Waals surface area contributed by atoms with Crippen molar-refractivity contribution in [2.75, 3.05) is 16.8 Å². The van der Waals surface area contributed by atoms with E-state index in [0.717, 1.165) is 15.7 Å². The van der Waals surface area contributed by atoms with Gasteiger partial charge in [-0.2, -0.15) is 0 Å². The monoisotopic (exact) mass is 456 g/mol. The normalized spacial score (nSPS) is 22.3. The Hall–Kier alpha value is -4.20. The van der Waals surface area contributed by atoms with Crippen LogP contribution in [0.3, 0.4) is 0 Å². The highest BCUT2D eigenvalue weighted by molar-refractivity contribution is 6.13. The summed E-state index contributed by atoms with van der Waals surface area (Å²) in [4.78, 5) is 54.6. The first kappa shape index (κ1) is 21.6. The van der Waals surface area contributed by atoms with E-state index >= 15 is 0 Å². The molecule has 0 aliphatic carbocycles. The highest BCUT2D eigenvalue weighted by Crippen LogP contribution is 2.35. The summed E-state index contributed by atoms with van der Waals surface area (Å²) < 4.78 is 0. The number of imide groups is 1. The van der Waals surface area contributed by atoms with Gasteiger partial charge in [0.15, 0.2) is 0 Å². The first-order valence-corrected chi connectivity index (χ1v) is 11.1. The van der Waals surface area contributed by atoms with E-state index in [1.165, 1.54) is 4.90 Å². The van der Waals surface area contributed by atoms with Crippen LogP contribution in [0.5, 0.6) is 0 Å². The minimum Gasteiger partial charge on any atom is -0.324 e. The van der Waals surface area contributed by atoms with Gasteiger partial charge in [0.2, 0.25) is 11.8 Å². The van der Waals surface area contributed by atoms with Crippen molar-refractivity contribution in [1.29, 1.82) is 0 Å². The zero-order valence-electron chi connectivity index (χ0n) is 18.9. The lowest BCUT2D eigenvalue weighted by Gasteiger charge is -2.29. The SMILES string of the molecule is CC1CC(=O)Nc2ccccc2N1C(=O)CN1C(=O)NC(C)(c2cccc3ccccc23)C1=O. The molecular weight excluding hydrogens is 432 g/mol. The lowest BCUT2D eigenvalue weighted by Crippen LogP contribution is -2.47. The van der Waals surface area contributed by atoms with Gasteiger partial charge in [-0.25, -0.2) is 4.79 Å². The molecule has 0 bridgehead atoms. The van der Waals surface area contributed by atoms with Crippen LogP contribution in [0.1, 0.15) is 25.8 Å². The molecule has 8 nitrogen and oxygen atoms in total. The summed E-state index contributed by atoms with van der Waals surface area (Å²) in [6.45, 7) is 3.00. The predicted octanol–water partition coefficient (Wildman–Crippen LogP) is 3.37. The van der Waals surface area contributed by atoms with E-state index in [-0.39, 0.29) is 12.3 Å². The first-order valence-electron chi connectivity index (χ1n) is 11.1. The Morgan fingerprint density at radius 1 is 1.00 bits per heavy atom. The highest BCUT2D eigenvalue weighted by Gasteiger charge is 2.50. The number of benzene rings is 3. The maximum Gasteiger partial charge on any atom is 0.325 e. The lowest BCUT2D eigenvalue weighted by molar-refractivity contribution is -0.134. The molecule has 2 atom stereocenters. The van der Waals surface area contributed by atoms with Crippen molar-refractivity contribution in [2.24, 2.45) is 0 Å². The van der Waals surface area contributed by atoms with E-state index in [2.05, 4.69) is 10.6 Å². The summed E-state index contributed by atoms with van der Waals surface area (Å²) in [7, 11) is 0. The molecule has 2 unspecified atom stereocenters. The molecule has 0 aromatic heterocycles. The quantitative estimate of drug-likeness (QED) is 0.591. The van der Waals surface area contributed by atoms with E-state index in [1.807, 2.05) is 42.5 Å². The number of amides is 5. The van der Waals surface area contributed by atoms with Crippen molar-refractivity contribution >= 4 is 45.9 Å². The second kappa shape index (κ2) is 7.98. The van der Waals surface area contributed by atoms with Gasteiger partial charge in [-0.3, -0.25) is 19.3 Å². The van der Waals surface area contributed by atoms with Crippen LogP contribution in [0, 0.1) is 0 Å². The van der Waals surface area contributed by atoms with Crippen LogP contribution >= 0.6 is 0 Å². The van der Waals surface area contributed by atoms with Crippen LogP contribution in [0.2, 0.25) is 0 Å². The van der Waals surface area contributed by atoms with Gasteiger partial charge in [-0.1, -0.05) is 54.6 Å². The van der Waals surface area contributed by atoms with E-state index < -0.39 is 36.0 Å². The molecule has 5 rings (SSSR count). The van der Waals surface area contributed by atoms with Crippen molar-refractivity contribution in [2.45, 2.75) is 31.8 Å². The maximum absolute atomic E-state index is 13.6. The number of anilines is 2. The molecule has 5 amide bonds. The molecule has 0 spiro atoms. The van der Waals surface area contributed by atoms with Crippen molar-refractivity contribution in [3.8, 4) is 0 Å². The smallest absolute Gasteiger partial charge is 0.324 e. The topological polar surface area (TPSA) is 98.8 Å². The van der Waals surface area contributed by atoms with Gasteiger partial charge >= 0.3 is 6.03 Å². The molecule has 1 fully saturated rings. The maximum atomic E-state index is 13.6. The number of carbonyl (C=O) groups excluding carboxylic acids is 4. The van der Waals surface area contributed by atoms with Crippen molar-refractivity contribution in [3.63, 3.8) is 0 Å². The lowest BCUT2D eigenvalue weighted by atomic mass is 9.88. The minimum atomic E-state index is -1.31. The van der Waals surface area contributed by atoms with E-state index in [1.54, 1.807) is 38.1 Å². The molecule has 1 saturated heterocycles. The van der Waals surface area contributed by atoms with Gasteiger partial charge in [0.1, 0.15) is 12.1 Å². The fourth-order valence-corrected chi connectivity index (χ4v) is 4.86. The molecule has 8 heteroatoms. The summed E-state index contributed by atoms with van der Waals surface area (Å²) in [5.41, 5.74) is 0.415. The molecule has 3 aromatic carbocycles. The summed E-state index contributed by atoms with van der Waals surface area (Å²) in [6, 6.07) is 19.2. The Morgan fingerprint density at radius 3 is 2.53 bits per heavy atom. The Bertz CT molecular complexity index is 1350. The number of nitrogens with zero attached hydrogens (tertiary/aromatic N) is 2. The number of urea groups is 1. The molecule has 34 heavy (non-hydrogen) atoms. The fraction of sp³-hybridized carbons (Fsp3) is 0.231. The van der Waals surface area contributed by atoms with Crippen LogP contribution in [-0.4, -0.2) is 41.2 Å². The van der Waals surface area contributed by atoms with Crippen LogP contribution in [-0.2, 0) is 19.9 Å². The minimum absolute atomic E-state index is 0.105. The van der Waals surface area contributed by atoms with Crippen LogP contribution in [0.25, 0.3) is 10.8 Å². The average Bonchev–Trinajstić information content (AvgIpc) is 2.95. The van der Waals surface area contributed by atoms with Gasteiger partial charge in [-0.05, 0) is 42.3 Å². The fourth-order valence-electron chi connectivity index (χ4n) is 4.86. The molecule has 2 aliphatic heterocycles. The number of fused-ring (bicyclic) bond motifs is 2. The molecule has 0 saturated carbocycles. The summed E-state index contributed by atoms with van der Waals surface area (Å²) >= 11 is 0. The number of para-hydroxylation sites is 2. The number of hydrogen-bond donors (Lipinski definition) is 2. The zero-order valence-corrected chi connectivity index (χ0v) is 18.9. The molecular formula is C26H24N4O4. The Labute approximate surface area is 196 Å².